The summed E-state index contributed by atoms with van der Waals surface area (Å²) in [6.45, 7) is 4.69. The molecule has 17 heavy (non-hydrogen) atoms. The minimum absolute atomic E-state index is 0.0266. The van der Waals surface area contributed by atoms with Crippen molar-refractivity contribution in [2.45, 2.75) is 26.3 Å². The Balaban J connectivity index is 2.24. The van der Waals surface area contributed by atoms with E-state index in [9.17, 15) is 9.90 Å². The summed E-state index contributed by atoms with van der Waals surface area (Å²) in [5.41, 5.74) is 1.38. The Kier molecular flexibility index (Phi) is 3.43. The zero-order chi connectivity index (χ0) is 12.4. The molecular formula is C13H18N2O2. The van der Waals surface area contributed by atoms with E-state index in [1.807, 2.05) is 19.1 Å². The van der Waals surface area contributed by atoms with Crippen LogP contribution in [-0.2, 0) is 0 Å². The molecule has 2 unspecified atom stereocenters. The van der Waals surface area contributed by atoms with Crippen LogP contribution >= 0.6 is 0 Å². The second-order valence-corrected chi connectivity index (χ2v) is 4.68. The summed E-state index contributed by atoms with van der Waals surface area (Å²) < 4.78 is 0. The van der Waals surface area contributed by atoms with Crippen molar-refractivity contribution in [2.75, 3.05) is 13.2 Å². The SMILES string of the molecule is Cc1cccnc1C(=O)N1CCC(C)C1CO. The summed E-state index contributed by atoms with van der Waals surface area (Å²) in [6.07, 6.45) is 2.58. The predicted octanol–water partition coefficient (Wildman–Crippen LogP) is 1.23. The molecule has 4 nitrogen and oxygen atoms in total. The lowest BCUT2D eigenvalue weighted by Gasteiger charge is -2.25. The average Bonchev–Trinajstić information content (AvgIpc) is 2.70. The highest BCUT2D eigenvalue weighted by Crippen LogP contribution is 2.25. The number of likely N-dealkylation sites (tertiary alicyclic amines) is 1. The van der Waals surface area contributed by atoms with Crippen molar-refractivity contribution in [2.24, 2.45) is 5.92 Å². The third kappa shape index (κ3) is 2.17. The molecule has 1 aromatic heterocycles. The van der Waals surface area contributed by atoms with E-state index in [4.69, 9.17) is 0 Å². The van der Waals surface area contributed by atoms with E-state index in [0.717, 1.165) is 12.0 Å². The monoisotopic (exact) mass is 234 g/mol. The van der Waals surface area contributed by atoms with Gasteiger partial charge in [0.25, 0.3) is 5.91 Å². The van der Waals surface area contributed by atoms with Crippen LogP contribution in [-0.4, -0.2) is 40.1 Å². The van der Waals surface area contributed by atoms with Gasteiger partial charge >= 0.3 is 0 Å². The summed E-state index contributed by atoms with van der Waals surface area (Å²) >= 11 is 0. The number of nitrogens with zero attached hydrogens (tertiary/aromatic N) is 2. The molecule has 2 atom stereocenters. The molecule has 1 saturated heterocycles. The Morgan fingerprint density at radius 3 is 3.06 bits per heavy atom. The highest BCUT2D eigenvalue weighted by Gasteiger charge is 2.35. The van der Waals surface area contributed by atoms with Gasteiger partial charge in [0.2, 0.25) is 0 Å². The average molecular weight is 234 g/mol. The van der Waals surface area contributed by atoms with Crippen molar-refractivity contribution in [3.8, 4) is 0 Å². The van der Waals surface area contributed by atoms with Gasteiger partial charge in [-0.3, -0.25) is 9.78 Å². The molecule has 1 aromatic rings. The van der Waals surface area contributed by atoms with E-state index >= 15 is 0 Å². The molecule has 1 aliphatic rings. The van der Waals surface area contributed by atoms with Crippen molar-refractivity contribution in [1.29, 1.82) is 0 Å². The zero-order valence-electron chi connectivity index (χ0n) is 10.3. The number of amides is 1. The smallest absolute Gasteiger partial charge is 0.273 e. The number of aliphatic hydroxyl groups excluding tert-OH is 1. The molecule has 0 radical (unpaired) electrons. The largest absolute Gasteiger partial charge is 0.394 e. The van der Waals surface area contributed by atoms with Crippen molar-refractivity contribution >= 4 is 5.91 Å². The molecule has 0 aliphatic carbocycles. The van der Waals surface area contributed by atoms with Crippen LogP contribution in [0.25, 0.3) is 0 Å². The molecule has 0 aromatic carbocycles. The van der Waals surface area contributed by atoms with Crippen LogP contribution in [0, 0.1) is 12.8 Å². The minimum Gasteiger partial charge on any atom is -0.394 e. The molecule has 1 N–H and O–H groups in total. The van der Waals surface area contributed by atoms with Crippen LogP contribution in [0.1, 0.15) is 29.4 Å². The molecule has 0 bridgehead atoms. The predicted molar refractivity (Wildman–Crippen MR) is 64.7 cm³/mol. The fourth-order valence-electron chi connectivity index (χ4n) is 2.38. The van der Waals surface area contributed by atoms with Gasteiger partial charge in [0, 0.05) is 12.7 Å². The van der Waals surface area contributed by atoms with Gasteiger partial charge in [-0.15, -0.1) is 0 Å². The molecule has 2 rings (SSSR count). The van der Waals surface area contributed by atoms with E-state index in [1.165, 1.54) is 0 Å². The normalized spacial score (nSPS) is 24.1. The summed E-state index contributed by atoms with van der Waals surface area (Å²) in [6, 6.07) is 3.64. The van der Waals surface area contributed by atoms with Gasteiger partial charge in [-0.1, -0.05) is 13.0 Å². The summed E-state index contributed by atoms with van der Waals surface area (Å²) in [7, 11) is 0. The van der Waals surface area contributed by atoms with Crippen LogP contribution in [0.4, 0.5) is 0 Å². The third-order valence-corrected chi connectivity index (χ3v) is 3.54. The first kappa shape index (κ1) is 12.0. The van der Waals surface area contributed by atoms with Crippen LogP contribution in [0.3, 0.4) is 0 Å². The maximum Gasteiger partial charge on any atom is 0.273 e. The molecule has 0 saturated carbocycles. The number of carbonyl (C=O) groups excluding carboxylic acids is 1. The number of hydrogen-bond acceptors (Lipinski definition) is 3. The lowest BCUT2D eigenvalue weighted by Crippen LogP contribution is -2.40. The second-order valence-electron chi connectivity index (χ2n) is 4.68. The fourth-order valence-corrected chi connectivity index (χ4v) is 2.38. The number of hydrogen-bond donors (Lipinski definition) is 1. The van der Waals surface area contributed by atoms with Gasteiger partial charge in [0.05, 0.1) is 12.6 Å². The first-order valence-corrected chi connectivity index (χ1v) is 5.98. The maximum absolute atomic E-state index is 12.3. The van der Waals surface area contributed by atoms with Crippen LogP contribution < -0.4 is 0 Å². The number of aryl methyl sites for hydroxylation is 1. The van der Waals surface area contributed by atoms with Gasteiger partial charge in [-0.05, 0) is 30.9 Å². The highest BCUT2D eigenvalue weighted by molar-refractivity contribution is 5.94. The third-order valence-electron chi connectivity index (χ3n) is 3.54. The molecule has 0 spiro atoms. The summed E-state index contributed by atoms with van der Waals surface area (Å²) in [5, 5.41) is 9.36. The van der Waals surface area contributed by atoms with E-state index in [1.54, 1.807) is 11.1 Å². The molecular weight excluding hydrogens is 216 g/mol. The Morgan fingerprint density at radius 2 is 2.41 bits per heavy atom. The van der Waals surface area contributed by atoms with Crippen LogP contribution in [0.2, 0.25) is 0 Å². The number of rotatable bonds is 2. The topological polar surface area (TPSA) is 53.4 Å². The molecule has 92 valence electrons. The van der Waals surface area contributed by atoms with Crippen molar-refractivity contribution < 1.29 is 9.90 Å². The first-order chi connectivity index (χ1) is 8.15. The summed E-state index contributed by atoms with van der Waals surface area (Å²) in [5.74, 6) is 0.291. The van der Waals surface area contributed by atoms with Gasteiger partial charge < -0.3 is 10.0 Å². The van der Waals surface area contributed by atoms with Gasteiger partial charge in [-0.25, -0.2) is 0 Å². The maximum atomic E-state index is 12.3. The van der Waals surface area contributed by atoms with E-state index in [2.05, 4.69) is 11.9 Å². The molecule has 2 heterocycles. The Hall–Kier alpha value is -1.42. The van der Waals surface area contributed by atoms with Crippen molar-refractivity contribution in [3.05, 3.63) is 29.6 Å². The number of aromatic nitrogens is 1. The second kappa shape index (κ2) is 4.84. The molecule has 4 heteroatoms. The molecule has 1 amide bonds. The number of pyridine rings is 1. The van der Waals surface area contributed by atoms with Crippen molar-refractivity contribution in [3.63, 3.8) is 0 Å². The number of carbonyl (C=O) groups is 1. The quantitative estimate of drug-likeness (QED) is 0.837. The standard InChI is InChI=1S/C13H18N2O2/c1-9-5-7-15(11(9)8-16)13(17)12-10(2)4-3-6-14-12/h3-4,6,9,11,16H,5,7-8H2,1-2H3. The Labute approximate surface area is 101 Å². The van der Waals surface area contributed by atoms with Crippen LogP contribution in [0.15, 0.2) is 18.3 Å². The number of aliphatic hydroxyl groups is 1. The highest BCUT2D eigenvalue weighted by atomic mass is 16.3. The Bertz CT molecular complexity index is 420. The van der Waals surface area contributed by atoms with E-state index in [-0.39, 0.29) is 18.6 Å². The first-order valence-electron chi connectivity index (χ1n) is 5.98. The molecule has 1 aliphatic heterocycles. The zero-order valence-corrected chi connectivity index (χ0v) is 10.3. The lowest BCUT2D eigenvalue weighted by atomic mass is 10.0. The van der Waals surface area contributed by atoms with Gasteiger partial charge in [-0.2, -0.15) is 0 Å². The van der Waals surface area contributed by atoms with E-state index < -0.39 is 0 Å². The van der Waals surface area contributed by atoms with Gasteiger partial charge in [0.1, 0.15) is 5.69 Å². The van der Waals surface area contributed by atoms with Crippen molar-refractivity contribution in [1.82, 2.24) is 9.88 Å². The minimum atomic E-state index is -0.0658. The molecule has 1 fully saturated rings. The van der Waals surface area contributed by atoms with Crippen LogP contribution in [0.5, 0.6) is 0 Å². The fraction of sp³-hybridized carbons (Fsp3) is 0.538. The summed E-state index contributed by atoms with van der Waals surface area (Å²) in [4.78, 5) is 18.2. The van der Waals surface area contributed by atoms with E-state index in [0.29, 0.717) is 18.2 Å². The Morgan fingerprint density at radius 1 is 1.65 bits per heavy atom. The van der Waals surface area contributed by atoms with Gasteiger partial charge in [0.15, 0.2) is 0 Å². The lowest BCUT2D eigenvalue weighted by molar-refractivity contribution is 0.0641.